The van der Waals surface area contributed by atoms with E-state index in [4.69, 9.17) is 5.11 Å². The largest absolute Gasteiger partial charge is 0.395 e. The molecule has 0 radical (unpaired) electrons. The van der Waals surface area contributed by atoms with Gasteiger partial charge in [0, 0.05) is 13.0 Å². The summed E-state index contributed by atoms with van der Waals surface area (Å²) in [5.41, 5.74) is 0. The first-order chi connectivity index (χ1) is 6.65. The van der Waals surface area contributed by atoms with E-state index >= 15 is 0 Å². The molecular formula is C9H15F2NO2. The third kappa shape index (κ3) is 2.99. The molecule has 1 unspecified atom stereocenters. The molecule has 0 aromatic carbocycles. The number of ketones is 1. The topological polar surface area (TPSA) is 40.5 Å². The summed E-state index contributed by atoms with van der Waals surface area (Å²) in [7, 11) is 0. The molecule has 5 heteroatoms. The van der Waals surface area contributed by atoms with Gasteiger partial charge in [-0.25, -0.2) is 8.78 Å². The van der Waals surface area contributed by atoms with E-state index in [9.17, 15) is 13.6 Å². The summed E-state index contributed by atoms with van der Waals surface area (Å²) < 4.78 is 24.3. The molecule has 1 N–H and O–H groups in total. The SMILES string of the molecule is O=C1CCCC1N(CCO)CC(F)F. The number of hydrogen-bond donors (Lipinski definition) is 1. The summed E-state index contributed by atoms with van der Waals surface area (Å²) >= 11 is 0. The van der Waals surface area contributed by atoms with Crippen molar-refractivity contribution in [3.05, 3.63) is 0 Å². The van der Waals surface area contributed by atoms with Crippen LogP contribution in [-0.4, -0.2) is 48.0 Å². The van der Waals surface area contributed by atoms with Crippen LogP contribution in [0.2, 0.25) is 0 Å². The average Bonchev–Trinajstić information content (AvgIpc) is 2.50. The Morgan fingerprint density at radius 2 is 2.29 bits per heavy atom. The van der Waals surface area contributed by atoms with Crippen LogP contribution in [0.4, 0.5) is 8.78 Å². The molecule has 0 heterocycles. The Morgan fingerprint density at radius 3 is 2.71 bits per heavy atom. The van der Waals surface area contributed by atoms with E-state index in [2.05, 4.69) is 0 Å². The number of Topliss-reactive ketones (excluding diaryl/α,β-unsaturated/α-hetero) is 1. The lowest BCUT2D eigenvalue weighted by Gasteiger charge is -2.26. The molecule has 0 spiro atoms. The maximum absolute atomic E-state index is 12.2. The molecule has 1 aliphatic carbocycles. The predicted octanol–water partition coefficient (Wildman–Crippen LogP) is 0.667. The second kappa shape index (κ2) is 5.36. The molecule has 0 aromatic rings. The Morgan fingerprint density at radius 1 is 1.57 bits per heavy atom. The Bertz CT molecular complexity index is 199. The molecule has 1 fully saturated rings. The molecule has 14 heavy (non-hydrogen) atoms. The van der Waals surface area contributed by atoms with Crippen molar-refractivity contribution in [3.8, 4) is 0 Å². The standard InChI is InChI=1S/C9H15F2NO2/c10-9(11)6-12(4-5-13)7-2-1-3-8(7)14/h7,9,13H,1-6H2. The van der Waals surface area contributed by atoms with Gasteiger partial charge in [0.1, 0.15) is 5.78 Å². The number of carbonyl (C=O) groups excluding carboxylic acids is 1. The zero-order valence-electron chi connectivity index (χ0n) is 7.96. The Hall–Kier alpha value is -0.550. The molecule has 0 saturated heterocycles. The van der Waals surface area contributed by atoms with Gasteiger partial charge in [0.05, 0.1) is 19.2 Å². The summed E-state index contributed by atoms with van der Waals surface area (Å²) in [5, 5.41) is 8.70. The first-order valence-corrected chi connectivity index (χ1v) is 4.81. The molecule has 1 aliphatic rings. The molecule has 0 bridgehead atoms. The monoisotopic (exact) mass is 207 g/mol. The van der Waals surface area contributed by atoms with E-state index in [0.29, 0.717) is 12.8 Å². The number of hydrogen-bond acceptors (Lipinski definition) is 3. The van der Waals surface area contributed by atoms with Crippen molar-refractivity contribution in [1.29, 1.82) is 0 Å². The minimum Gasteiger partial charge on any atom is -0.395 e. The van der Waals surface area contributed by atoms with E-state index in [0.717, 1.165) is 6.42 Å². The van der Waals surface area contributed by atoms with Crippen LogP contribution in [0.1, 0.15) is 19.3 Å². The highest BCUT2D eigenvalue weighted by atomic mass is 19.3. The molecule has 82 valence electrons. The minimum absolute atomic E-state index is 0.0269. The third-order valence-electron chi connectivity index (χ3n) is 2.47. The maximum atomic E-state index is 12.2. The van der Waals surface area contributed by atoms with Crippen molar-refractivity contribution in [1.82, 2.24) is 4.90 Å². The number of aliphatic hydroxyl groups excluding tert-OH is 1. The van der Waals surface area contributed by atoms with E-state index in [1.165, 1.54) is 4.90 Å². The lowest BCUT2D eigenvalue weighted by atomic mass is 10.2. The van der Waals surface area contributed by atoms with Crippen molar-refractivity contribution in [2.45, 2.75) is 31.7 Å². The number of halogens is 2. The van der Waals surface area contributed by atoms with E-state index in [1.807, 2.05) is 0 Å². The molecule has 0 aromatic heterocycles. The van der Waals surface area contributed by atoms with Gasteiger partial charge in [0.25, 0.3) is 6.43 Å². The molecular weight excluding hydrogens is 192 g/mol. The highest BCUT2D eigenvalue weighted by molar-refractivity contribution is 5.85. The Labute approximate surface area is 81.7 Å². The molecule has 1 atom stereocenters. The molecule has 0 aliphatic heterocycles. The summed E-state index contributed by atoms with van der Waals surface area (Å²) in [5.74, 6) is 0.0269. The van der Waals surface area contributed by atoms with E-state index < -0.39 is 19.0 Å². The molecule has 0 amide bonds. The van der Waals surface area contributed by atoms with Crippen molar-refractivity contribution in [2.75, 3.05) is 19.7 Å². The minimum atomic E-state index is -2.45. The van der Waals surface area contributed by atoms with Gasteiger partial charge >= 0.3 is 0 Å². The number of rotatable bonds is 5. The summed E-state index contributed by atoms with van der Waals surface area (Å²) in [6.45, 7) is -0.450. The van der Waals surface area contributed by atoms with Crippen LogP contribution in [0.15, 0.2) is 0 Å². The number of nitrogens with zero attached hydrogens (tertiary/aromatic N) is 1. The third-order valence-corrected chi connectivity index (χ3v) is 2.47. The van der Waals surface area contributed by atoms with Crippen molar-refractivity contribution in [3.63, 3.8) is 0 Å². The first kappa shape index (κ1) is 11.5. The van der Waals surface area contributed by atoms with Gasteiger partial charge < -0.3 is 5.11 Å². The van der Waals surface area contributed by atoms with Crippen LogP contribution >= 0.6 is 0 Å². The van der Waals surface area contributed by atoms with Crippen LogP contribution in [0.3, 0.4) is 0 Å². The highest BCUT2D eigenvalue weighted by Crippen LogP contribution is 2.20. The molecule has 3 nitrogen and oxygen atoms in total. The second-order valence-electron chi connectivity index (χ2n) is 3.48. The summed E-state index contributed by atoms with van der Waals surface area (Å²) in [6, 6.07) is -0.392. The van der Waals surface area contributed by atoms with Crippen molar-refractivity contribution in [2.24, 2.45) is 0 Å². The number of carbonyl (C=O) groups is 1. The van der Waals surface area contributed by atoms with Crippen LogP contribution in [-0.2, 0) is 4.79 Å². The van der Waals surface area contributed by atoms with Gasteiger partial charge in [-0.15, -0.1) is 0 Å². The average molecular weight is 207 g/mol. The normalized spacial score (nSPS) is 22.6. The maximum Gasteiger partial charge on any atom is 0.251 e. The van der Waals surface area contributed by atoms with Crippen LogP contribution in [0, 0.1) is 0 Å². The fraction of sp³-hybridized carbons (Fsp3) is 0.889. The molecule has 1 rings (SSSR count). The quantitative estimate of drug-likeness (QED) is 0.720. The van der Waals surface area contributed by atoms with Crippen LogP contribution < -0.4 is 0 Å². The van der Waals surface area contributed by atoms with Crippen molar-refractivity contribution >= 4 is 5.78 Å². The van der Waals surface area contributed by atoms with Gasteiger partial charge in [-0.2, -0.15) is 0 Å². The highest BCUT2D eigenvalue weighted by Gasteiger charge is 2.31. The van der Waals surface area contributed by atoms with E-state index in [-0.39, 0.29) is 18.9 Å². The first-order valence-electron chi connectivity index (χ1n) is 4.81. The van der Waals surface area contributed by atoms with Crippen molar-refractivity contribution < 1.29 is 18.7 Å². The van der Waals surface area contributed by atoms with Gasteiger partial charge in [-0.3, -0.25) is 9.69 Å². The zero-order valence-corrected chi connectivity index (χ0v) is 7.96. The second-order valence-corrected chi connectivity index (χ2v) is 3.48. The summed E-state index contributed by atoms with van der Waals surface area (Å²) in [4.78, 5) is 12.7. The van der Waals surface area contributed by atoms with E-state index in [1.54, 1.807) is 0 Å². The summed E-state index contributed by atoms with van der Waals surface area (Å²) in [6.07, 6.45) is -0.550. The number of aliphatic hydroxyl groups is 1. The Balaban J connectivity index is 2.52. The van der Waals surface area contributed by atoms with Crippen LogP contribution in [0.5, 0.6) is 0 Å². The number of alkyl halides is 2. The Kier molecular flexibility index (Phi) is 4.41. The lowest BCUT2D eigenvalue weighted by Crippen LogP contribution is -2.42. The molecule has 1 saturated carbocycles. The van der Waals surface area contributed by atoms with Gasteiger partial charge in [0.2, 0.25) is 0 Å². The zero-order chi connectivity index (χ0) is 10.6. The van der Waals surface area contributed by atoms with Gasteiger partial charge in [-0.05, 0) is 12.8 Å². The lowest BCUT2D eigenvalue weighted by molar-refractivity contribution is -0.122. The van der Waals surface area contributed by atoms with Gasteiger partial charge in [0.15, 0.2) is 0 Å². The fourth-order valence-electron chi connectivity index (χ4n) is 1.86. The predicted molar refractivity (Wildman–Crippen MR) is 47.3 cm³/mol. The fourth-order valence-corrected chi connectivity index (χ4v) is 1.86. The van der Waals surface area contributed by atoms with Gasteiger partial charge in [-0.1, -0.05) is 0 Å². The van der Waals surface area contributed by atoms with Crippen LogP contribution in [0.25, 0.3) is 0 Å². The smallest absolute Gasteiger partial charge is 0.251 e.